The van der Waals surface area contributed by atoms with Crippen LogP contribution in [0.25, 0.3) is 0 Å². The van der Waals surface area contributed by atoms with Crippen LogP contribution in [0.5, 0.6) is 0 Å². The van der Waals surface area contributed by atoms with Gasteiger partial charge in [-0.15, -0.1) is 0 Å². The molecule has 96 valence electrons. The number of carbonyl (C=O) groups is 1. The van der Waals surface area contributed by atoms with Crippen molar-refractivity contribution in [3.05, 3.63) is 11.3 Å². The highest BCUT2D eigenvalue weighted by Gasteiger charge is 2.18. The summed E-state index contributed by atoms with van der Waals surface area (Å²) in [5.41, 5.74) is 7.49. The molecule has 0 radical (unpaired) electrons. The summed E-state index contributed by atoms with van der Waals surface area (Å²) >= 11 is 1.67. The average Bonchev–Trinajstić information content (AvgIpc) is 2.66. The molecule has 3 N–H and O–H groups in total. The summed E-state index contributed by atoms with van der Waals surface area (Å²) in [5.74, 6) is 1.07. The van der Waals surface area contributed by atoms with Crippen LogP contribution in [0.1, 0.15) is 24.6 Å². The maximum Gasteiger partial charge on any atom is 0.243 e. The van der Waals surface area contributed by atoms with Crippen molar-refractivity contribution in [2.45, 2.75) is 32.7 Å². The first-order valence-corrected chi connectivity index (χ1v) is 7.00. The van der Waals surface area contributed by atoms with E-state index in [2.05, 4.69) is 10.5 Å². The fraction of sp³-hybridized carbons (Fsp3) is 0.636. The van der Waals surface area contributed by atoms with Crippen LogP contribution in [0.15, 0.2) is 4.52 Å². The second-order valence-electron chi connectivity index (χ2n) is 3.81. The molecule has 0 unspecified atom stereocenters. The quantitative estimate of drug-likeness (QED) is 0.808. The van der Waals surface area contributed by atoms with Gasteiger partial charge in [0, 0.05) is 5.56 Å². The number of rotatable bonds is 6. The van der Waals surface area contributed by atoms with Crippen molar-refractivity contribution < 1.29 is 9.32 Å². The van der Waals surface area contributed by atoms with Gasteiger partial charge in [0.05, 0.1) is 11.7 Å². The van der Waals surface area contributed by atoms with E-state index < -0.39 is 6.04 Å². The number of aromatic nitrogens is 1. The second kappa shape index (κ2) is 6.66. The molecule has 1 amide bonds. The summed E-state index contributed by atoms with van der Waals surface area (Å²) in [6.45, 7) is 3.84. The molecule has 0 aliphatic heterocycles. The zero-order valence-corrected chi connectivity index (χ0v) is 11.3. The first-order chi connectivity index (χ1) is 8.10. The van der Waals surface area contributed by atoms with Crippen LogP contribution in [-0.2, 0) is 11.2 Å². The van der Waals surface area contributed by atoms with E-state index in [1.165, 1.54) is 0 Å². The van der Waals surface area contributed by atoms with Crippen LogP contribution in [0.3, 0.4) is 0 Å². The molecule has 0 aromatic carbocycles. The molecule has 5 nitrogen and oxygen atoms in total. The number of amides is 1. The fourth-order valence-electron chi connectivity index (χ4n) is 1.48. The molecule has 17 heavy (non-hydrogen) atoms. The van der Waals surface area contributed by atoms with Gasteiger partial charge in [0.25, 0.3) is 0 Å². The van der Waals surface area contributed by atoms with Crippen LogP contribution >= 0.6 is 11.8 Å². The lowest BCUT2D eigenvalue weighted by Gasteiger charge is -2.10. The minimum Gasteiger partial charge on any atom is -0.338 e. The average molecular weight is 257 g/mol. The van der Waals surface area contributed by atoms with Crippen molar-refractivity contribution >= 4 is 23.6 Å². The van der Waals surface area contributed by atoms with Crippen molar-refractivity contribution in [1.29, 1.82) is 0 Å². The summed E-state index contributed by atoms with van der Waals surface area (Å²) in [4.78, 5) is 11.8. The van der Waals surface area contributed by atoms with E-state index in [1.807, 2.05) is 20.1 Å². The molecule has 6 heteroatoms. The van der Waals surface area contributed by atoms with Crippen LogP contribution < -0.4 is 11.1 Å². The van der Waals surface area contributed by atoms with Gasteiger partial charge in [-0.05, 0) is 31.8 Å². The summed E-state index contributed by atoms with van der Waals surface area (Å²) in [6, 6.07) is -0.502. The lowest BCUT2D eigenvalue weighted by molar-refractivity contribution is -0.117. The second-order valence-corrected chi connectivity index (χ2v) is 4.79. The van der Waals surface area contributed by atoms with E-state index in [4.69, 9.17) is 10.3 Å². The van der Waals surface area contributed by atoms with Crippen molar-refractivity contribution in [2.75, 3.05) is 17.3 Å². The van der Waals surface area contributed by atoms with Gasteiger partial charge in [-0.25, -0.2) is 0 Å². The Labute approximate surface area is 105 Å². The predicted octanol–water partition coefficient (Wildman–Crippen LogP) is 1.56. The number of aryl methyl sites for hydroxylation is 1. The minimum absolute atomic E-state index is 0.218. The third-order valence-corrected chi connectivity index (χ3v) is 3.19. The number of thioether (sulfide) groups is 1. The Bertz CT molecular complexity index is 379. The van der Waals surface area contributed by atoms with E-state index in [-0.39, 0.29) is 5.91 Å². The third kappa shape index (κ3) is 3.74. The zero-order valence-electron chi connectivity index (χ0n) is 10.4. The van der Waals surface area contributed by atoms with E-state index >= 15 is 0 Å². The van der Waals surface area contributed by atoms with Gasteiger partial charge in [0.2, 0.25) is 11.8 Å². The number of hydrogen-bond donors (Lipinski definition) is 2. The summed E-state index contributed by atoms with van der Waals surface area (Å²) < 4.78 is 5.07. The van der Waals surface area contributed by atoms with Gasteiger partial charge in [-0.1, -0.05) is 12.1 Å². The predicted molar refractivity (Wildman–Crippen MR) is 70.2 cm³/mol. The molecule has 1 heterocycles. The number of hydrogen-bond acceptors (Lipinski definition) is 5. The van der Waals surface area contributed by atoms with Crippen LogP contribution in [-0.4, -0.2) is 29.1 Å². The van der Waals surface area contributed by atoms with Crippen molar-refractivity contribution in [3.63, 3.8) is 0 Å². The Kier molecular flexibility index (Phi) is 5.50. The summed E-state index contributed by atoms with van der Waals surface area (Å²) in [7, 11) is 0. The molecule has 0 fully saturated rings. The van der Waals surface area contributed by atoms with Crippen molar-refractivity contribution in [1.82, 2.24) is 5.16 Å². The van der Waals surface area contributed by atoms with Crippen LogP contribution in [0, 0.1) is 6.92 Å². The highest BCUT2D eigenvalue weighted by molar-refractivity contribution is 7.98. The Morgan fingerprint density at radius 2 is 2.35 bits per heavy atom. The normalized spacial score (nSPS) is 12.5. The highest BCUT2D eigenvalue weighted by atomic mass is 32.2. The van der Waals surface area contributed by atoms with Crippen LogP contribution in [0.4, 0.5) is 5.88 Å². The number of nitrogens with one attached hydrogen (secondary N) is 1. The van der Waals surface area contributed by atoms with Gasteiger partial charge >= 0.3 is 0 Å². The largest absolute Gasteiger partial charge is 0.338 e. The first-order valence-electron chi connectivity index (χ1n) is 5.60. The SMILES string of the molecule is CCc1c(C)noc1NC(=O)[C@@H](N)CCSC. The molecular weight excluding hydrogens is 238 g/mol. The Morgan fingerprint density at radius 1 is 1.65 bits per heavy atom. The molecule has 0 saturated heterocycles. The maximum absolute atomic E-state index is 11.8. The lowest BCUT2D eigenvalue weighted by Crippen LogP contribution is -2.36. The Balaban J connectivity index is 2.61. The molecule has 1 aromatic rings. The van der Waals surface area contributed by atoms with Gasteiger partial charge < -0.3 is 10.3 Å². The number of anilines is 1. The number of carbonyl (C=O) groups excluding carboxylic acids is 1. The van der Waals surface area contributed by atoms with Crippen molar-refractivity contribution in [2.24, 2.45) is 5.73 Å². The fourth-order valence-corrected chi connectivity index (χ4v) is 1.97. The first kappa shape index (κ1) is 14.1. The maximum atomic E-state index is 11.8. The van der Waals surface area contributed by atoms with E-state index in [0.717, 1.165) is 23.4 Å². The van der Waals surface area contributed by atoms with E-state index in [1.54, 1.807) is 11.8 Å². The topological polar surface area (TPSA) is 81.2 Å². The molecule has 0 aliphatic rings. The van der Waals surface area contributed by atoms with Gasteiger partial charge in [0.15, 0.2) is 0 Å². The number of nitrogens with zero attached hydrogens (tertiary/aromatic N) is 1. The molecule has 1 atom stereocenters. The minimum atomic E-state index is -0.502. The smallest absolute Gasteiger partial charge is 0.243 e. The van der Waals surface area contributed by atoms with Gasteiger partial charge in [-0.3, -0.25) is 10.1 Å². The molecule has 0 spiro atoms. The summed E-state index contributed by atoms with van der Waals surface area (Å²) in [6.07, 6.45) is 3.41. The lowest BCUT2D eigenvalue weighted by atomic mass is 10.2. The number of nitrogens with two attached hydrogens (primary N) is 1. The Hall–Kier alpha value is -1.01. The van der Waals surface area contributed by atoms with E-state index in [9.17, 15) is 4.79 Å². The standard InChI is InChI=1S/C11H19N3O2S/c1-4-8-7(2)14-16-11(8)13-10(15)9(12)5-6-17-3/h9H,4-6,12H2,1-3H3,(H,13,15)/t9-/m0/s1. The molecule has 0 aliphatic carbocycles. The molecule has 0 saturated carbocycles. The van der Waals surface area contributed by atoms with Gasteiger partial charge in [0.1, 0.15) is 0 Å². The molecule has 1 aromatic heterocycles. The van der Waals surface area contributed by atoms with Crippen molar-refractivity contribution in [3.8, 4) is 0 Å². The zero-order chi connectivity index (χ0) is 12.8. The molecule has 0 bridgehead atoms. The van der Waals surface area contributed by atoms with E-state index in [0.29, 0.717) is 12.3 Å². The molecule has 1 rings (SSSR count). The highest BCUT2D eigenvalue weighted by Crippen LogP contribution is 2.19. The van der Waals surface area contributed by atoms with Gasteiger partial charge in [-0.2, -0.15) is 11.8 Å². The third-order valence-electron chi connectivity index (χ3n) is 2.54. The Morgan fingerprint density at radius 3 is 2.94 bits per heavy atom. The van der Waals surface area contributed by atoms with Crippen LogP contribution in [0.2, 0.25) is 0 Å². The monoisotopic (exact) mass is 257 g/mol. The summed E-state index contributed by atoms with van der Waals surface area (Å²) in [5, 5.41) is 6.52. The molecular formula is C11H19N3O2S.